The first-order valence-electron chi connectivity index (χ1n) is 7.27. The zero-order valence-electron chi connectivity index (χ0n) is 11.4. The number of anilines is 1. The maximum atomic E-state index is 5.99. The van der Waals surface area contributed by atoms with Crippen molar-refractivity contribution in [2.75, 3.05) is 18.0 Å². The Morgan fingerprint density at radius 3 is 2.39 bits per heavy atom. The summed E-state index contributed by atoms with van der Waals surface area (Å²) < 4.78 is 0. The van der Waals surface area contributed by atoms with Gasteiger partial charge in [-0.25, -0.2) is 0 Å². The van der Waals surface area contributed by atoms with Gasteiger partial charge in [0.25, 0.3) is 0 Å². The molecule has 1 unspecified atom stereocenters. The van der Waals surface area contributed by atoms with Crippen LogP contribution in [0.25, 0.3) is 0 Å². The van der Waals surface area contributed by atoms with Crippen molar-refractivity contribution in [2.24, 2.45) is 5.73 Å². The van der Waals surface area contributed by atoms with Crippen molar-refractivity contribution in [3.8, 4) is 0 Å². The quantitative estimate of drug-likeness (QED) is 0.891. The van der Waals surface area contributed by atoms with Crippen molar-refractivity contribution in [3.63, 3.8) is 0 Å². The number of rotatable bonds is 3. The van der Waals surface area contributed by atoms with Crippen LogP contribution in [0.2, 0.25) is 0 Å². The molecule has 3 heteroatoms. The molecule has 0 saturated carbocycles. The van der Waals surface area contributed by atoms with Crippen molar-refractivity contribution in [2.45, 2.75) is 51.5 Å². The highest BCUT2D eigenvalue weighted by Gasteiger charge is 2.10. The van der Waals surface area contributed by atoms with Gasteiger partial charge in [-0.3, -0.25) is 4.98 Å². The van der Waals surface area contributed by atoms with Crippen molar-refractivity contribution < 1.29 is 0 Å². The van der Waals surface area contributed by atoms with Crippen LogP contribution < -0.4 is 10.6 Å². The maximum absolute atomic E-state index is 5.99. The van der Waals surface area contributed by atoms with E-state index in [1.165, 1.54) is 50.9 Å². The lowest BCUT2D eigenvalue weighted by Crippen LogP contribution is -2.27. The molecule has 1 fully saturated rings. The molecule has 0 amide bonds. The van der Waals surface area contributed by atoms with E-state index in [9.17, 15) is 0 Å². The third-order valence-corrected chi connectivity index (χ3v) is 3.81. The zero-order chi connectivity index (χ0) is 12.8. The average molecular weight is 247 g/mol. The predicted molar refractivity (Wildman–Crippen MR) is 76.8 cm³/mol. The Hall–Kier alpha value is -1.09. The van der Waals surface area contributed by atoms with E-state index < -0.39 is 0 Å². The van der Waals surface area contributed by atoms with Crippen LogP contribution in [0.15, 0.2) is 18.3 Å². The van der Waals surface area contributed by atoms with Gasteiger partial charge >= 0.3 is 0 Å². The van der Waals surface area contributed by atoms with Gasteiger partial charge in [0.1, 0.15) is 0 Å². The Balaban J connectivity index is 2.02. The van der Waals surface area contributed by atoms with E-state index in [1.54, 1.807) is 0 Å². The van der Waals surface area contributed by atoms with Gasteiger partial charge < -0.3 is 10.6 Å². The maximum Gasteiger partial charge on any atom is 0.0572 e. The highest BCUT2D eigenvalue weighted by molar-refractivity contribution is 5.44. The van der Waals surface area contributed by atoms with Crippen LogP contribution in [0, 0.1) is 0 Å². The Labute approximate surface area is 110 Å². The summed E-state index contributed by atoms with van der Waals surface area (Å²) in [5.74, 6) is 0. The summed E-state index contributed by atoms with van der Waals surface area (Å²) in [6.07, 6.45) is 9.66. The van der Waals surface area contributed by atoms with Gasteiger partial charge in [-0.05, 0) is 31.4 Å². The summed E-state index contributed by atoms with van der Waals surface area (Å²) in [6, 6.07) is 4.34. The summed E-state index contributed by atoms with van der Waals surface area (Å²) in [7, 11) is 0. The minimum absolute atomic E-state index is 0.0754. The molecule has 0 spiro atoms. The normalized spacial score (nSPS) is 19.1. The smallest absolute Gasteiger partial charge is 0.0572 e. The van der Waals surface area contributed by atoms with E-state index in [1.807, 2.05) is 6.20 Å². The number of aromatic nitrogens is 1. The van der Waals surface area contributed by atoms with Gasteiger partial charge in [-0.2, -0.15) is 0 Å². The van der Waals surface area contributed by atoms with E-state index in [0.29, 0.717) is 0 Å². The van der Waals surface area contributed by atoms with Gasteiger partial charge in [-0.1, -0.05) is 26.2 Å². The monoisotopic (exact) mass is 247 g/mol. The minimum Gasteiger partial charge on any atom is -0.370 e. The van der Waals surface area contributed by atoms with Crippen LogP contribution >= 0.6 is 0 Å². The molecule has 3 nitrogen and oxygen atoms in total. The highest BCUT2D eigenvalue weighted by atomic mass is 15.1. The van der Waals surface area contributed by atoms with E-state index in [0.717, 1.165) is 12.1 Å². The molecule has 2 heterocycles. The van der Waals surface area contributed by atoms with Gasteiger partial charge in [0.2, 0.25) is 0 Å². The summed E-state index contributed by atoms with van der Waals surface area (Å²) in [4.78, 5) is 6.98. The van der Waals surface area contributed by atoms with E-state index in [-0.39, 0.29) is 6.04 Å². The van der Waals surface area contributed by atoms with Gasteiger partial charge in [-0.15, -0.1) is 0 Å². The number of hydrogen-bond acceptors (Lipinski definition) is 3. The van der Waals surface area contributed by atoms with Crippen molar-refractivity contribution in [1.29, 1.82) is 0 Å². The Bertz CT molecular complexity index is 339. The van der Waals surface area contributed by atoms with Gasteiger partial charge in [0.05, 0.1) is 17.6 Å². The topological polar surface area (TPSA) is 42.1 Å². The zero-order valence-corrected chi connectivity index (χ0v) is 11.4. The van der Waals surface area contributed by atoms with Crippen LogP contribution in [0.1, 0.15) is 57.2 Å². The second kappa shape index (κ2) is 6.74. The van der Waals surface area contributed by atoms with Crippen LogP contribution in [0.3, 0.4) is 0 Å². The molecule has 1 aromatic rings. The summed E-state index contributed by atoms with van der Waals surface area (Å²) >= 11 is 0. The second-order valence-corrected chi connectivity index (χ2v) is 5.21. The first kappa shape index (κ1) is 13.3. The van der Waals surface area contributed by atoms with Crippen molar-refractivity contribution in [3.05, 3.63) is 24.0 Å². The molecule has 0 aromatic carbocycles. The highest BCUT2D eigenvalue weighted by Crippen LogP contribution is 2.20. The fraction of sp³-hybridized carbons (Fsp3) is 0.667. The molecule has 2 N–H and O–H groups in total. The molecule has 1 aromatic heterocycles. The number of nitrogens with two attached hydrogens (primary N) is 1. The first-order valence-corrected chi connectivity index (χ1v) is 7.27. The van der Waals surface area contributed by atoms with Crippen LogP contribution in [-0.2, 0) is 0 Å². The molecule has 100 valence electrons. The van der Waals surface area contributed by atoms with Crippen molar-refractivity contribution in [1.82, 2.24) is 4.98 Å². The van der Waals surface area contributed by atoms with Crippen molar-refractivity contribution >= 4 is 5.69 Å². The summed E-state index contributed by atoms with van der Waals surface area (Å²) in [5.41, 5.74) is 8.25. The molecule has 1 saturated heterocycles. The van der Waals surface area contributed by atoms with E-state index in [2.05, 4.69) is 28.9 Å². The Morgan fingerprint density at radius 1 is 1.17 bits per heavy atom. The van der Waals surface area contributed by atoms with Crippen LogP contribution in [0.5, 0.6) is 0 Å². The number of pyridine rings is 1. The fourth-order valence-electron chi connectivity index (χ4n) is 2.52. The lowest BCUT2D eigenvalue weighted by Gasteiger charge is -2.26. The molecular formula is C15H25N3. The van der Waals surface area contributed by atoms with Crippen LogP contribution in [0.4, 0.5) is 5.69 Å². The summed E-state index contributed by atoms with van der Waals surface area (Å²) in [5, 5.41) is 0. The van der Waals surface area contributed by atoms with E-state index in [4.69, 9.17) is 5.73 Å². The lowest BCUT2D eigenvalue weighted by atomic mass is 10.1. The van der Waals surface area contributed by atoms with Gasteiger partial charge in [0.15, 0.2) is 0 Å². The molecular weight excluding hydrogens is 222 g/mol. The number of hydrogen-bond donors (Lipinski definition) is 1. The fourth-order valence-corrected chi connectivity index (χ4v) is 2.52. The van der Waals surface area contributed by atoms with Crippen LogP contribution in [-0.4, -0.2) is 18.1 Å². The standard InChI is InChI=1S/C15H25N3/c1-2-14(16)15-9-8-13(12-17-15)18-10-6-4-3-5-7-11-18/h8-9,12,14H,2-7,10-11,16H2,1H3. The molecule has 1 aliphatic rings. The van der Waals surface area contributed by atoms with E-state index >= 15 is 0 Å². The second-order valence-electron chi connectivity index (χ2n) is 5.21. The Morgan fingerprint density at radius 2 is 1.83 bits per heavy atom. The Kier molecular flexibility index (Phi) is 5.00. The number of nitrogens with zero attached hydrogens (tertiary/aromatic N) is 2. The lowest BCUT2D eigenvalue weighted by molar-refractivity contribution is 0.556. The predicted octanol–water partition coefficient (Wildman–Crippen LogP) is 3.26. The third kappa shape index (κ3) is 3.45. The largest absolute Gasteiger partial charge is 0.370 e. The molecule has 0 bridgehead atoms. The van der Waals surface area contributed by atoms with Gasteiger partial charge in [0, 0.05) is 19.1 Å². The average Bonchev–Trinajstić information content (AvgIpc) is 2.38. The SMILES string of the molecule is CCC(N)c1ccc(N2CCCCCCC2)cn1. The molecule has 0 aliphatic carbocycles. The molecule has 1 atom stereocenters. The first-order chi connectivity index (χ1) is 8.81. The summed E-state index contributed by atoms with van der Waals surface area (Å²) in [6.45, 7) is 4.43. The molecule has 0 radical (unpaired) electrons. The molecule has 1 aliphatic heterocycles. The minimum atomic E-state index is 0.0754. The molecule has 2 rings (SSSR count). The third-order valence-electron chi connectivity index (χ3n) is 3.81. The molecule has 18 heavy (non-hydrogen) atoms.